The van der Waals surface area contributed by atoms with Crippen LogP contribution in [-0.4, -0.2) is 12.5 Å². The number of rotatable bonds is 7. The van der Waals surface area contributed by atoms with Crippen molar-refractivity contribution in [2.45, 2.75) is 39.7 Å². The molecular formula is C12H20N2OS. The van der Waals surface area contributed by atoms with Crippen LogP contribution in [0.3, 0.4) is 0 Å². The molecule has 0 radical (unpaired) electrons. The summed E-state index contributed by atoms with van der Waals surface area (Å²) >= 11 is 1.84. The number of amides is 1. The Labute approximate surface area is 101 Å². The van der Waals surface area contributed by atoms with Gasteiger partial charge in [-0.1, -0.05) is 0 Å². The van der Waals surface area contributed by atoms with Gasteiger partial charge in [0, 0.05) is 22.7 Å². The van der Waals surface area contributed by atoms with Gasteiger partial charge in [-0.3, -0.25) is 4.79 Å². The second-order valence-electron chi connectivity index (χ2n) is 4.04. The van der Waals surface area contributed by atoms with Gasteiger partial charge in [0.15, 0.2) is 0 Å². The van der Waals surface area contributed by atoms with Crippen LogP contribution < -0.4 is 11.1 Å². The fourth-order valence-electron chi connectivity index (χ4n) is 1.63. The van der Waals surface area contributed by atoms with Gasteiger partial charge in [-0.2, -0.15) is 0 Å². The van der Waals surface area contributed by atoms with Crippen LogP contribution in [0, 0.1) is 13.8 Å². The third kappa shape index (κ3) is 4.77. The smallest absolute Gasteiger partial charge is 0.217 e. The van der Waals surface area contributed by atoms with Crippen LogP contribution in [0.4, 0.5) is 0 Å². The first-order valence-electron chi connectivity index (χ1n) is 5.64. The van der Waals surface area contributed by atoms with E-state index >= 15 is 0 Å². The molecule has 0 unspecified atom stereocenters. The van der Waals surface area contributed by atoms with Crippen molar-refractivity contribution >= 4 is 17.2 Å². The summed E-state index contributed by atoms with van der Waals surface area (Å²) < 4.78 is 0. The molecule has 0 aliphatic carbocycles. The average molecular weight is 240 g/mol. The molecule has 0 saturated heterocycles. The minimum Gasteiger partial charge on any atom is -0.370 e. The van der Waals surface area contributed by atoms with Crippen LogP contribution >= 0.6 is 11.3 Å². The fourth-order valence-corrected chi connectivity index (χ4v) is 2.58. The van der Waals surface area contributed by atoms with Gasteiger partial charge in [-0.15, -0.1) is 11.3 Å². The molecule has 1 rings (SSSR count). The zero-order valence-corrected chi connectivity index (χ0v) is 10.8. The highest BCUT2D eigenvalue weighted by Crippen LogP contribution is 2.20. The molecule has 3 N–H and O–H groups in total. The highest BCUT2D eigenvalue weighted by atomic mass is 32.1. The molecule has 0 spiro atoms. The summed E-state index contributed by atoms with van der Waals surface area (Å²) in [4.78, 5) is 13.3. The third-order valence-electron chi connectivity index (χ3n) is 2.49. The zero-order valence-electron chi connectivity index (χ0n) is 10.0. The molecule has 1 aromatic heterocycles. The Morgan fingerprint density at radius 1 is 1.44 bits per heavy atom. The maximum atomic E-state index is 10.5. The number of hydrogen-bond acceptors (Lipinski definition) is 3. The maximum Gasteiger partial charge on any atom is 0.217 e. The van der Waals surface area contributed by atoms with Gasteiger partial charge in [0.25, 0.3) is 0 Å². The van der Waals surface area contributed by atoms with Crippen LogP contribution in [0.25, 0.3) is 0 Å². The number of hydrogen-bond donors (Lipinski definition) is 2. The lowest BCUT2D eigenvalue weighted by Crippen LogP contribution is -2.16. The number of unbranched alkanes of at least 4 members (excludes halogenated alkanes) is 1. The van der Waals surface area contributed by atoms with Crippen molar-refractivity contribution in [2.24, 2.45) is 5.73 Å². The molecule has 0 aromatic carbocycles. The number of thiophene rings is 1. The Morgan fingerprint density at radius 2 is 2.19 bits per heavy atom. The van der Waals surface area contributed by atoms with Crippen molar-refractivity contribution < 1.29 is 4.79 Å². The minimum absolute atomic E-state index is 0.204. The van der Waals surface area contributed by atoms with Crippen molar-refractivity contribution in [2.75, 3.05) is 6.54 Å². The van der Waals surface area contributed by atoms with Crippen LogP contribution in [0.15, 0.2) is 6.07 Å². The standard InChI is InChI=1S/C12H20N2OS/c1-9-7-11(10(2)16-9)8-14-6-4-3-5-12(13)15/h7,14H,3-6,8H2,1-2H3,(H2,13,15). The molecule has 1 aromatic rings. The number of carbonyl (C=O) groups is 1. The number of carbonyl (C=O) groups excluding carboxylic acids is 1. The summed E-state index contributed by atoms with van der Waals surface area (Å²) in [5.41, 5.74) is 6.45. The molecule has 0 fully saturated rings. The first-order chi connectivity index (χ1) is 7.59. The van der Waals surface area contributed by atoms with Gasteiger partial charge < -0.3 is 11.1 Å². The monoisotopic (exact) mass is 240 g/mol. The summed E-state index contributed by atoms with van der Waals surface area (Å²) in [7, 11) is 0. The van der Waals surface area contributed by atoms with Crippen molar-refractivity contribution in [1.82, 2.24) is 5.32 Å². The normalized spacial score (nSPS) is 10.6. The van der Waals surface area contributed by atoms with E-state index in [0.29, 0.717) is 6.42 Å². The van der Waals surface area contributed by atoms with Crippen molar-refractivity contribution in [3.63, 3.8) is 0 Å². The summed E-state index contributed by atoms with van der Waals surface area (Å²) in [5.74, 6) is -0.204. The van der Waals surface area contributed by atoms with Gasteiger partial charge in [0.05, 0.1) is 0 Å². The van der Waals surface area contributed by atoms with E-state index in [-0.39, 0.29) is 5.91 Å². The van der Waals surface area contributed by atoms with E-state index in [1.54, 1.807) is 0 Å². The molecule has 0 aliphatic heterocycles. The topological polar surface area (TPSA) is 55.1 Å². The Kier molecular flexibility index (Phi) is 5.49. The molecule has 0 atom stereocenters. The van der Waals surface area contributed by atoms with E-state index < -0.39 is 0 Å². The van der Waals surface area contributed by atoms with Crippen LogP contribution in [0.2, 0.25) is 0 Å². The molecule has 0 aliphatic rings. The zero-order chi connectivity index (χ0) is 12.0. The first kappa shape index (κ1) is 13.2. The Balaban J connectivity index is 2.11. The van der Waals surface area contributed by atoms with Crippen LogP contribution in [0.1, 0.15) is 34.6 Å². The van der Waals surface area contributed by atoms with E-state index in [2.05, 4.69) is 25.2 Å². The minimum atomic E-state index is -0.204. The largest absolute Gasteiger partial charge is 0.370 e. The van der Waals surface area contributed by atoms with Crippen molar-refractivity contribution in [3.8, 4) is 0 Å². The van der Waals surface area contributed by atoms with Gasteiger partial charge in [0.1, 0.15) is 0 Å². The molecule has 1 amide bonds. The highest BCUT2D eigenvalue weighted by molar-refractivity contribution is 7.12. The molecule has 3 nitrogen and oxygen atoms in total. The average Bonchev–Trinajstić information content (AvgIpc) is 2.50. The van der Waals surface area contributed by atoms with E-state index in [0.717, 1.165) is 25.9 Å². The molecule has 4 heteroatoms. The van der Waals surface area contributed by atoms with Crippen LogP contribution in [0.5, 0.6) is 0 Å². The van der Waals surface area contributed by atoms with Crippen LogP contribution in [-0.2, 0) is 11.3 Å². The molecule has 0 saturated carbocycles. The van der Waals surface area contributed by atoms with E-state index in [1.807, 2.05) is 11.3 Å². The summed E-state index contributed by atoms with van der Waals surface area (Å²) in [5, 5.41) is 3.38. The summed E-state index contributed by atoms with van der Waals surface area (Å²) in [6.45, 7) is 6.16. The second kappa shape index (κ2) is 6.66. The summed E-state index contributed by atoms with van der Waals surface area (Å²) in [6.07, 6.45) is 2.38. The Morgan fingerprint density at radius 3 is 2.75 bits per heavy atom. The van der Waals surface area contributed by atoms with E-state index in [4.69, 9.17) is 5.73 Å². The molecular weight excluding hydrogens is 220 g/mol. The first-order valence-corrected chi connectivity index (χ1v) is 6.46. The van der Waals surface area contributed by atoms with Gasteiger partial charge in [-0.05, 0) is 44.9 Å². The van der Waals surface area contributed by atoms with Gasteiger partial charge in [0.2, 0.25) is 5.91 Å². The van der Waals surface area contributed by atoms with E-state index in [1.165, 1.54) is 15.3 Å². The lowest BCUT2D eigenvalue weighted by Gasteiger charge is -2.03. The summed E-state index contributed by atoms with van der Waals surface area (Å²) in [6, 6.07) is 2.23. The van der Waals surface area contributed by atoms with Crippen molar-refractivity contribution in [1.29, 1.82) is 0 Å². The molecule has 1 heterocycles. The second-order valence-corrected chi connectivity index (χ2v) is 5.50. The third-order valence-corrected chi connectivity index (χ3v) is 3.49. The number of nitrogens with two attached hydrogens (primary N) is 1. The number of primary amides is 1. The predicted molar refractivity (Wildman–Crippen MR) is 68.5 cm³/mol. The van der Waals surface area contributed by atoms with Gasteiger partial charge in [-0.25, -0.2) is 0 Å². The fraction of sp³-hybridized carbons (Fsp3) is 0.583. The van der Waals surface area contributed by atoms with Gasteiger partial charge >= 0.3 is 0 Å². The van der Waals surface area contributed by atoms with Crippen molar-refractivity contribution in [3.05, 3.63) is 21.4 Å². The maximum absolute atomic E-state index is 10.5. The Hall–Kier alpha value is -0.870. The predicted octanol–water partition coefficient (Wildman–Crippen LogP) is 2.11. The quantitative estimate of drug-likeness (QED) is 0.717. The number of nitrogens with one attached hydrogen (secondary N) is 1. The Bertz CT molecular complexity index is 347. The molecule has 16 heavy (non-hydrogen) atoms. The lowest BCUT2D eigenvalue weighted by molar-refractivity contribution is -0.118. The molecule has 0 bridgehead atoms. The molecule has 90 valence electrons. The van der Waals surface area contributed by atoms with E-state index in [9.17, 15) is 4.79 Å². The lowest BCUT2D eigenvalue weighted by atomic mass is 10.2. The number of aryl methyl sites for hydroxylation is 2. The highest BCUT2D eigenvalue weighted by Gasteiger charge is 2.01. The SMILES string of the molecule is Cc1cc(CNCCCCC(N)=O)c(C)s1.